The van der Waals surface area contributed by atoms with Gasteiger partial charge in [-0.15, -0.1) is 0 Å². The highest BCUT2D eigenvalue weighted by Crippen LogP contribution is 2.88. The summed E-state index contributed by atoms with van der Waals surface area (Å²) in [5.41, 5.74) is 2.39. The molecule has 0 aromatic heterocycles. The topological polar surface area (TPSA) is 20.2 Å². The smallest absolute Gasteiger partial charge is 0.0568 e. The van der Waals surface area contributed by atoms with Crippen LogP contribution in [0.25, 0.3) is 0 Å². The average Bonchev–Trinajstić information content (AvgIpc) is 3.31. The molecule has 1 heteroatoms. The number of aliphatic hydroxyl groups is 1. The summed E-state index contributed by atoms with van der Waals surface area (Å²) in [6, 6.07) is 0. The predicted molar refractivity (Wildman–Crippen MR) is 131 cm³/mol. The summed E-state index contributed by atoms with van der Waals surface area (Å²) in [4.78, 5) is 0. The molecule has 0 heterocycles. The molecule has 0 saturated heterocycles. The molecule has 5 fully saturated rings. The van der Waals surface area contributed by atoms with Crippen LogP contribution in [0.2, 0.25) is 0 Å². The van der Waals surface area contributed by atoms with Gasteiger partial charge >= 0.3 is 0 Å². The van der Waals surface area contributed by atoms with Gasteiger partial charge in [0.1, 0.15) is 0 Å². The molecule has 5 saturated carbocycles. The second-order valence-electron chi connectivity index (χ2n) is 14.4. The van der Waals surface area contributed by atoms with Gasteiger partial charge < -0.3 is 5.11 Å². The van der Waals surface area contributed by atoms with Crippen molar-refractivity contribution in [3.8, 4) is 0 Å². The number of aliphatic hydroxyl groups excluding tert-OH is 1. The zero-order chi connectivity index (χ0) is 22.4. The van der Waals surface area contributed by atoms with Crippen molar-refractivity contribution in [2.45, 2.75) is 125 Å². The van der Waals surface area contributed by atoms with Crippen LogP contribution in [-0.2, 0) is 0 Å². The van der Waals surface area contributed by atoms with Crippen molar-refractivity contribution in [3.05, 3.63) is 0 Å². The van der Waals surface area contributed by atoms with Gasteiger partial charge in [-0.2, -0.15) is 0 Å². The van der Waals surface area contributed by atoms with E-state index < -0.39 is 0 Å². The maximum Gasteiger partial charge on any atom is 0.0568 e. The second kappa shape index (κ2) is 7.23. The van der Waals surface area contributed by atoms with Gasteiger partial charge in [-0.25, -0.2) is 0 Å². The van der Waals surface area contributed by atoms with Crippen LogP contribution in [0.4, 0.5) is 0 Å². The summed E-state index contributed by atoms with van der Waals surface area (Å²) >= 11 is 0. The third-order valence-electron chi connectivity index (χ3n) is 13.6. The molecule has 11 atom stereocenters. The molecule has 0 aromatic carbocycles. The minimum absolute atomic E-state index is 0.0285. The van der Waals surface area contributed by atoms with Crippen molar-refractivity contribution in [2.75, 3.05) is 0 Å². The lowest BCUT2D eigenvalue weighted by atomic mass is 9.43. The summed E-state index contributed by atoms with van der Waals surface area (Å²) in [5, 5.41) is 10.6. The number of fused-ring (bicyclic) bond motifs is 2. The lowest BCUT2D eigenvalue weighted by Gasteiger charge is -2.62. The molecular formula is C30H52O. The monoisotopic (exact) mass is 428 g/mol. The van der Waals surface area contributed by atoms with E-state index in [1.807, 2.05) is 0 Å². The van der Waals surface area contributed by atoms with Crippen LogP contribution in [0, 0.1) is 63.1 Å². The van der Waals surface area contributed by atoms with Crippen molar-refractivity contribution in [1.29, 1.82) is 0 Å². The number of hydrogen-bond donors (Lipinski definition) is 1. The normalized spacial score (nSPS) is 55.1. The molecule has 0 unspecified atom stereocenters. The van der Waals surface area contributed by atoms with Crippen molar-refractivity contribution in [2.24, 2.45) is 63.1 Å². The van der Waals surface area contributed by atoms with Gasteiger partial charge in [-0.05, 0) is 121 Å². The third-order valence-corrected chi connectivity index (χ3v) is 13.6. The van der Waals surface area contributed by atoms with E-state index in [4.69, 9.17) is 0 Å². The highest BCUT2D eigenvalue weighted by atomic mass is 16.3. The van der Waals surface area contributed by atoms with Crippen LogP contribution in [0.15, 0.2) is 0 Å². The van der Waals surface area contributed by atoms with Gasteiger partial charge in [0.05, 0.1) is 6.10 Å². The largest absolute Gasteiger partial charge is 0.393 e. The van der Waals surface area contributed by atoms with Gasteiger partial charge in [0, 0.05) is 0 Å². The third kappa shape index (κ3) is 2.83. The fraction of sp³-hybridized carbons (Fsp3) is 1.00. The predicted octanol–water partition coefficient (Wildman–Crippen LogP) is 8.10. The van der Waals surface area contributed by atoms with Crippen LogP contribution in [0.3, 0.4) is 0 Å². The van der Waals surface area contributed by atoms with Crippen LogP contribution in [0.5, 0.6) is 0 Å². The van der Waals surface area contributed by atoms with Gasteiger partial charge in [0.2, 0.25) is 0 Å². The number of hydrogen-bond acceptors (Lipinski definition) is 1. The van der Waals surface area contributed by atoms with E-state index >= 15 is 0 Å². The van der Waals surface area contributed by atoms with E-state index in [2.05, 4.69) is 48.5 Å². The molecule has 1 N–H and O–H groups in total. The molecule has 31 heavy (non-hydrogen) atoms. The second-order valence-corrected chi connectivity index (χ2v) is 14.4. The average molecular weight is 429 g/mol. The molecule has 2 spiro atoms. The van der Waals surface area contributed by atoms with Gasteiger partial charge in [0.25, 0.3) is 0 Å². The Morgan fingerprint density at radius 3 is 2.26 bits per heavy atom. The Kier molecular flexibility index (Phi) is 5.30. The zero-order valence-electron chi connectivity index (χ0n) is 21.8. The Morgan fingerprint density at radius 1 is 0.806 bits per heavy atom. The summed E-state index contributed by atoms with van der Waals surface area (Å²) in [5.74, 6) is 5.82. The van der Waals surface area contributed by atoms with Crippen molar-refractivity contribution < 1.29 is 5.11 Å². The fourth-order valence-electron chi connectivity index (χ4n) is 11.0. The van der Waals surface area contributed by atoms with Crippen LogP contribution in [0.1, 0.15) is 119 Å². The van der Waals surface area contributed by atoms with Gasteiger partial charge in [-0.3, -0.25) is 0 Å². The lowest BCUT2D eigenvalue weighted by molar-refractivity contribution is -0.143. The Balaban J connectivity index is 1.37. The first-order valence-corrected chi connectivity index (χ1v) is 14.2. The van der Waals surface area contributed by atoms with E-state index in [1.165, 1.54) is 64.2 Å². The van der Waals surface area contributed by atoms with Crippen molar-refractivity contribution in [3.63, 3.8) is 0 Å². The van der Waals surface area contributed by atoms with Crippen LogP contribution in [-0.4, -0.2) is 11.2 Å². The summed E-state index contributed by atoms with van der Waals surface area (Å²) in [6.07, 6.45) is 15.6. The highest BCUT2D eigenvalue weighted by Gasteiger charge is 2.81. The molecule has 0 amide bonds. The summed E-state index contributed by atoms with van der Waals surface area (Å²) in [6.45, 7) is 17.8. The van der Waals surface area contributed by atoms with E-state index in [1.54, 1.807) is 0 Å². The molecule has 5 aliphatic carbocycles. The SMILES string of the molecule is CC(C)[C@@H](C)CC[C@@H](C)[C@H]1CC[C@@]2(C)[C@@H]3CC[C@H]4[C@H](C)[C@@H](O)CC[C@@]45C[C@@]35CC[C@]12C. The first-order chi connectivity index (χ1) is 14.5. The van der Waals surface area contributed by atoms with Crippen LogP contribution >= 0.6 is 0 Å². The van der Waals surface area contributed by atoms with Crippen LogP contribution < -0.4 is 0 Å². The summed E-state index contributed by atoms with van der Waals surface area (Å²) < 4.78 is 0. The van der Waals surface area contributed by atoms with Crippen molar-refractivity contribution >= 4 is 0 Å². The summed E-state index contributed by atoms with van der Waals surface area (Å²) in [7, 11) is 0. The molecule has 0 aromatic rings. The lowest BCUT2D eigenvalue weighted by Crippen LogP contribution is -2.55. The Bertz CT molecular complexity index is 699. The minimum atomic E-state index is -0.0285. The quantitative estimate of drug-likeness (QED) is 0.469. The standard InChI is InChI=1S/C30H52O/c1-19(2)20(3)8-9-21(4)23-12-14-28(7)26-11-10-24-22(5)25(31)13-15-29(24)18-30(26,29)17-16-27(23,28)6/h19-26,31H,8-18H2,1-7H3/t20-,21+,22-,23+,24-,25-,26-,27+,28-,29+,30-/m0/s1. The molecule has 178 valence electrons. The maximum absolute atomic E-state index is 10.6. The van der Waals surface area contributed by atoms with E-state index in [0.29, 0.717) is 27.6 Å². The fourth-order valence-corrected chi connectivity index (χ4v) is 11.0. The van der Waals surface area contributed by atoms with E-state index in [9.17, 15) is 5.11 Å². The van der Waals surface area contributed by atoms with E-state index in [-0.39, 0.29) is 6.10 Å². The molecule has 0 radical (unpaired) electrons. The maximum atomic E-state index is 10.6. The number of rotatable bonds is 5. The van der Waals surface area contributed by atoms with Gasteiger partial charge in [-0.1, -0.05) is 61.3 Å². The van der Waals surface area contributed by atoms with E-state index in [0.717, 1.165) is 41.9 Å². The van der Waals surface area contributed by atoms with Gasteiger partial charge in [0.15, 0.2) is 0 Å². The first kappa shape index (κ1) is 22.7. The molecule has 5 aliphatic rings. The zero-order valence-corrected chi connectivity index (χ0v) is 21.8. The minimum Gasteiger partial charge on any atom is -0.393 e. The highest BCUT2D eigenvalue weighted by molar-refractivity contribution is 5.29. The first-order valence-electron chi connectivity index (χ1n) is 14.2. The molecule has 5 rings (SSSR count). The Morgan fingerprint density at radius 2 is 1.55 bits per heavy atom. The molecule has 0 aliphatic heterocycles. The molecule has 1 nitrogen and oxygen atoms in total. The molecule has 0 bridgehead atoms. The Hall–Kier alpha value is -0.0400. The Labute approximate surface area is 193 Å². The van der Waals surface area contributed by atoms with Crippen molar-refractivity contribution in [1.82, 2.24) is 0 Å². The molecular weight excluding hydrogens is 376 g/mol.